The van der Waals surface area contributed by atoms with Crippen molar-refractivity contribution in [2.24, 2.45) is 11.8 Å². The van der Waals surface area contributed by atoms with E-state index in [2.05, 4.69) is 4.90 Å². The molecule has 0 spiro atoms. The normalized spacial score (nSPS) is 29.5. The Kier molecular flexibility index (Phi) is 3.41. The van der Waals surface area contributed by atoms with Gasteiger partial charge in [-0.15, -0.1) is 0 Å². The molecule has 21 heavy (non-hydrogen) atoms. The first-order valence-electron chi connectivity index (χ1n) is 6.86. The zero-order chi connectivity index (χ0) is 15.0. The van der Waals surface area contributed by atoms with Crippen LogP contribution in [0.25, 0.3) is 0 Å². The van der Waals surface area contributed by atoms with Crippen LogP contribution < -0.4 is 4.90 Å². The molecule has 110 valence electrons. The summed E-state index contributed by atoms with van der Waals surface area (Å²) in [4.78, 5) is 26.3. The molecule has 0 N–H and O–H groups in total. The number of ether oxygens (including phenoxy) is 2. The zero-order valence-corrected chi connectivity index (χ0v) is 11.9. The summed E-state index contributed by atoms with van der Waals surface area (Å²) in [6.45, 7) is 0. The molecule has 2 bridgehead atoms. The predicted octanol–water partition coefficient (Wildman–Crippen LogP) is 1.39. The van der Waals surface area contributed by atoms with Gasteiger partial charge < -0.3 is 14.4 Å². The number of anilines is 1. The number of carbonyl (C=O) groups is 2. The Morgan fingerprint density at radius 2 is 1.38 bits per heavy atom. The second-order valence-corrected chi connectivity index (χ2v) is 5.21. The highest BCUT2D eigenvalue weighted by molar-refractivity contribution is 5.87. The maximum atomic E-state index is 12.1. The lowest BCUT2D eigenvalue weighted by molar-refractivity contribution is -0.156. The largest absolute Gasteiger partial charge is 0.469 e. The first-order chi connectivity index (χ1) is 10.2. The number of benzene rings is 1. The minimum absolute atomic E-state index is 0.172. The molecule has 0 aliphatic carbocycles. The maximum Gasteiger partial charge on any atom is 0.312 e. The number of fused-ring (bicyclic) bond motifs is 2. The zero-order valence-electron chi connectivity index (χ0n) is 11.9. The number of rotatable bonds is 3. The highest BCUT2D eigenvalue weighted by Crippen LogP contribution is 2.45. The van der Waals surface area contributed by atoms with Crippen molar-refractivity contribution in [1.82, 2.24) is 0 Å². The van der Waals surface area contributed by atoms with Crippen molar-refractivity contribution in [3.8, 4) is 0 Å². The Hall–Kier alpha value is -2.30. The van der Waals surface area contributed by atoms with Gasteiger partial charge in [0.25, 0.3) is 0 Å². The lowest BCUT2D eigenvalue weighted by Gasteiger charge is -2.25. The van der Waals surface area contributed by atoms with Crippen molar-refractivity contribution in [3.05, 3.63) is 42.5 Å². The summed E-state index contributed by atoms with van der Waals surface area (Å²) >= 11 is 0. The molecule has 2 aliphatic heterocycles. The van der Waals surface area contributed by atoms with Crippen molar-refractivity contribution in [2.75, 3.05) is 19.1 Å². The van der Waals surface area contributed by atoms with Gasteiger partial charge in [-0.1, -0.05) is 30.4 Å². The van der Waals surface area contributed by atoms with Gasteiger partial charge in [-0.2, -0.15) is 0 Å². The third-order valence-electron chi connectivity index (χ3n) is 4.27. The summed E-state index contributed by atoms with van der Waals surface area (Å²) < 4.78 is 9.78. The molecule has 2 heterocycles. The molecule has 1 aromatic rings. The fourth-order valence-corrected chi connectivity index (χ4v) is 3.41. The fraction of sp³-hybridized carbons (Fsp3) is 0.375. The van der Waals surface area contributed by atoms with E-state index in [1.807, 2.05) is 42.5 Å². The van der Waals surface area contributed by atoms with Crippen molar-refractivity contribution in [2.45, 2.75) is 12.1 Å². The highest BCUT2D eigenvalue weighted by Gasteiger charge is 2.57. The van der Waals surface area contributed by atoms with E-state index in [9.17, 15) is 9.59 Å². The summed E-state index contributed by atoms with van der Waals surface area (Å²) in [6.07, 6.45) is 3.94. The van der Waals surface area contributed by atoms with Crippen LogP contribution in [-0.2, 0) is 19.1 Å². The molecular formula is C16H17NO4. The molecule has 2 aliphatic rings. The third-order valence-corrected chi connectivity index (χ3v) is 4.27. The Balaban J connectivity index is 2.01. The Morgan fingerprint density at radius 3 is 1.81 bits per heavy atom. The van der Waals surface area contributed by atoms with Gasteiger partial charge >= 0.3 is 11.9 Å². The van der Waals surface area contributed by atoms with Crippen LogP contribution in [0.2, 0.25) is 0 Å². The molecule has 0 aromatic heterocycles. The van der Waals surface area contributed by atoms with Gasteiger partial charge in [0.15, 0.2) is 0 Å². The Labute approximate surface area is 123 Å². The van der Waals surface area contributed by atoms with Gasteiger partial charge in [0, 0.05) is 5.69 Å². The molecule has 0 saturated carbocycles. The van der Waals surface area contributed by atoms with Crippen LogP contribution in [0.1, 0.15) is 0 Å². The summed E-state index contributed by atoms with van der Waals surface area (Å²) in [5.74, 6) is -1.80. The van der Waals surface area contributed by atoms with Crippen molar-refractivity contribution >= 4 is 17.6 Å². The predicted molar refractivity (Wildman–Crippen MR) is 76.6 cm³/mol. The van der Waals surface area contributed by atoms with Gasteiger partial charge in [0.1, 0.15) is 0 Å². The first-order valence-corrected chi connectivity index (χ1v) is 6.86. The molecule has 0 amide bonds. The van der Waals surface area contributed by atoms with E-state index in [1.54, 1.807) is 0 Å². The summed E-state index contributed by atoms with van der Waals surface area (Å²) in [5.41, 5.74) is 0.984. The van der Waals surface area contributed by atoms with Crippen molar-refractivity contribution in [1.29, 1.82) is 0 Å². The minimum atomic E-state index is -0.530. The third kappa shape index (κ3) is 2.00. The van der Waals surface area contributed by atoms with Gasteiger partial charge in [0.2, 0.25) is 0 Å². The summed E-state index contributed by atoms with van der Waals surface area (Å²) in [7, 11) is 2.69. The van der Waals surface area contributed by atoms with E-state index in [-0.39, 0.29) is 24.0 Å². The van der Waals surface area contributed by atoms with Crippen LogP contribution in [0.3, 0.4) is 0 Å². The first kappa shape index (κ1) is 13.7. The summed E-state index contributed by atoms with van der Waals surface area (Å²) in [6, 6.07) is 9.41. The van der Waals surface area contributed by atoms with Gasteiger partial charge in [-0.25, -0.2) is 0 Å². The monoisotopic (exact) mass is 287 g/mol. The Bertz CT molecular complexity index is 551. The van der Waals surface area contributed by atoms with Crippen LogP contribution in [0.15, 0.2) is 42.5 Å². The van der Waals surface area contributed by atoms with E-state index in [4.69, 9.17) is 9.47 Å². The minimum Gasteiger partial charge on any atom is -0.469 e. The average molecular weight is 287 g/mol. The average Bonchev–Trinajstić information content (AvgIpc) is 3.10. The summed E-state index contributed by atoms with van der Waals surface area (Å²) in [5, 5.41) is 0. The SMILES string of the molecule is COC(=O)C1C(C(=O)OC)C2C=CC1N2c1ccccc1. The van der Waals surface area contributed by atoms with E-state index in [1.165, 1.54) is 14.2 Å². The number of esters is 2. The maximum absolute atomic E-state index is 12.1. The smallest absolute Gasteiger partial charge is 0.312 e. The molecule has 5 heteroatoms. The van der Waals surface area contributed by atoms with Crippen molar-refractivity contribution < 1.29 is 19.1 Å². The van der Waals surface area contributed by atoms with E-state index < -0.39 is 11.8 Å². The molecule has 4 atom stereocenters. The molecule has 1 fully saturated rings. The molecule has 1 aromatic carbocycles. The molecule has 0 radical (unpaired) electrons. The lowest BCUT2D eigenvalue weighted by atomic mass is 9.83. The van der Waals surface area contributed by atoms with E-state index in [0.29, 0.717) is 0 Å². The van der Waals surface area contributed by atoms with Gasteiger partial charge in [0.05, 0.1) is 38.1 Å². The molecule has 4 unspecified atom stereocenters. The highest BCUT2D eigenvalue weighted by atomic mass is 16.5. The number of para-hydroxylation sites is 1. The second kappa shape index (κ2) is 5.24. The number of hydrogen-bond donors (Lipinski definition) is 0. The van der Waals surface area contributed by atoms with Crippen LogP contribution in [0, 0.1) is 11.8 Å². The van der Waals surface area contributed by atoms with Crippen LogP contribution in [-0.4, -0.2) is 38.2 Å². The van der Waals surface area contributed by atoms with Crippen LogP contribution in [0.4, 0.5) is 5.69 Å². The second-order valence-electron chi connectivity index (χ2n) is 5.21. The standard InChI is InChI=1S/C16H17NO4/c1-20-15(18)13-11-8-9-12(14(13)16(19)21-2)17(11)10-6-4-3-5-7-10/h3-9,11-14H,1-2H3. The van der Waals surface area contributed by atoms with E-state index in [0.717, 1.165) is 5.69 Å². The number of hydrogen-bond acceptors (Lipinski definition) is 5. The van der Waals surface area contributed by atoms with Gasteiger partial charge in [-0.05, 0) is 12.1 Å². The lowest BCUT2D eigenvalue weighted by Crippen LogP contribution is -2.37. The van der Waals surface area contributed by atoms with Crippen molar-refractivity contribution in [3.63, 3.8) is 0 Å². The number of carbonyl (C=O) groups excluding carboxylic acids is 2. The van der Waals surface area contributed by atoms with Gasteiger partial charge in [-0.3, -0.25) is 9.59 Å². The fourth-order valence-electron chi connectivity index (χ4n) is 3.41. The molecule has 3 rings (SSSR count). The van der Waals surface area contributed by atoms with E-state index >= 15 is 0 Å². The quantitative estimate of drug-likeness (QED) is 0.621. The van der Waals surface area contributed by atoms with Crippen LogP contribution in [0.5, 0.6) is 0 Å². The number of methoxy groups -OCH3 is 2. The molecule has 1 saturated heterocycles. The van der Waals surface area contributed by atoms with Crippen LogP contribution >= 0.6 is 0 Å². The molecular weight excluding hydrogens is 270 g/mol. The molecule has 5 nitrogen and oxygen atoms in total. The Morgan fingerprint density at radius 1 is 0.905 bits per heavy atom. The number of nitrogens with zero attached hydrogens (tertiary/aromatic N) is 1. The topological polar surface area (TPSA) is 55.8 Å².